The summed E-state index contributed by atoms with van der Waals surface area (Å²) in [5, 5.41) is 12.6. The highest BCUT2D eigenvalue weighted by Crippen LogP contribution is 2.26. The van der Waals surface area contributed by atoms with Gasteiger partial charge >= 0.3 is 0 Å². The van der Waals surface area contributed by atoms with E-state index in [2.05, 4.69) is 5.32 Å². The summed E-state index contributed by atoms with van der Waals surface area (Å²) >= 11 is 5.82. The average molecular weight is 292 g/mol. The van der Waals surface area contributed by atoms with Crippen molar-refractivity contribution in [2.75, 3.05) is 5.32 Å². The molecule has 0 unspecified atom stereocenters. The lowest BCUT2D eigenvalue weighted by molar-refractivity contribution is -0.122. The number of phenolic OH excluding ortho intramolecular Hbond substituents is 1. The highest BCUT2D eigenvalue weighted by Gasteiger charge is 2.16. The number of carbonyl (C=O) groups excluding carboxylic acids is 1. The van der Waals surface area contributed by atoms with Crippen molar-refractivity contribution >= 4 is 23.2 Å². The Labute approximate surface area is 122 Å². The van der Waals surface area contributed by atoms with E-state index in [1.165, 1.54) is 18.2 Å². The fourth-order valence-electron chi connectivity index (χ4n) is 1.60. The summed E-state index contributed by atoms with van der Waals surface area (Å²) in [6, 6.07) is 13.5. The zero-order valence-corrected chi connectivity index (χ0v) is 11.6. The monoisotopic (exact) mass is 291 g/mol. The van der Waals surface area contributed by atoms with E-state index in [9.17, 15) is 9.90 Å². The highest BCUT2D eigenvalue weighted by atomic mass is 35.5. The Bertz CT molecular complexity index is 601. The normalized spacial score (nSPS) is 11.7. The summed E-state index contributed by atoms with van der Waals surface area (Å²) < 4.78 is 5.49. The van der Waals surface area contributed by atoms with Crippen molar-refractivity contribution in [3.63, 3.8) is 0 Å². The predicted octanol–water partition coefficient (Wildman–Crippen LogP) is 3.45. The largest absolute Gasteiger partial charge is 0.506 e. The van der Waals surface area contributed by atoms with Crippen LogP contribution < -0.4 is 10.1 Å². The maximum absolute atomic E-state index is 12.0. The Kier molecular flexibility index (Phi) is 4.48. The van der Waals surface area contributed by atoms with E-state index in [0.717, 1.165) is 0 Å². The Morgan fingerprint density at radius 3 is 2.65 bits per heavy atom. The molecule has 0 bridgehead atoms. The van der Waals surface area contributed by atoms with Gasteiger partial charge in [0, 0.05) is 5.02 Å². The van der Waals surface area contributed by atoms with Crippen LogP contribution in [-0.4, -0.2) is 17.1 Å². The van der Waals surface area contributed by atoms with E-state index in [4.69, 9.17) is 16.3 Å². The van der Waals surface area contributed by atoms with E-state index in [1.807, 2.05) is 18.2 Å². The van der Waals surface area contributed by atoms with Crippen molar-refractivity contribution in [1.82, 2.24) is 0 Å². The molecule has 4 nitrogen and oxygen atoms in total. The van der Waals surface area contributed by atoms with E-state index in [0.29, 0.717) is 10.8 Å². The van der Waals surface area contributed by atoms with Gasteiger partial charge in [-0.2, -0.15) is 0 Å². The number of anilines is 1. The molecule has 0 spiro atoms. The van der Waals surface area contributed by atoms with Crippen molar-refractivity contribution in [3.05, 3.63) is 53.6 Å². The number of ether oxygens (including phenoxy) is 1. The smallest absolute Gasteiger partial charge is 0.265 e. The SMILES string of the molecule is C[C@@H](Oc1ccccc1)C(=O)Nc1cc(Cl)ccc1O. The summed E-state index contributed by atoms with van der Waals surface area (Å²) in [4.78, 5) is 12.0. The molecule has 0 fully saturated rings. The van der Waals surface area contributed by atoms with Crippen LogP contribution in [0.1, 0.15) is 6.92 Å². The molecule has 0 aliphatic carbocycles. The molecule has 5 heteroatoms. The van der Waals surface area contributed by atoms with Crippen molar-refractivity contribution < 1.29 is 14.6 Å². The zero-order valence-electron chi connectivity index (χ0n) is 10.8. The number of amides is 1. The summed E-state index contributed by atoms with van der Waals surface area (Å²) in [6.07, 6.45) is -0.698. The molecule has 0 aliphatic heterocycles. The first kappa shape index (κ1) is 14.2. The summed E-state index contributed by atoms with van der Waals surface area (Å²) in [5.74, 6) is 0.187. The second kappa shape index (κ2) is 6.30. The number of carbonyl (C=O) groups is 1. The summed E-state index contributed by atoms with van der Waals surface area (Å²) in [6.45, 7) is 1.63. The number of aromatic hydroxyl groups is 1. The number of para-hydroxylation sites is 1. The molecule has 2 rings (SSSR count). The van der Waals surface area contributed by atoms with Gasteiger partial charge in [-0.25, -0.2) is 0 Å². The van der Waals surface area contributed by atoms with Crippen LogP contribution in [0, 0.1) is 0 Å². The van der Waals surface area contributed by atoms with Gasteiger partial charge < -0.3 is 15.2 Å². The van der Waals surface area contributed by atoms with Crippen molar-refractivity contribution in [3.8, 4) is 11.5 Å². The van der Waals surface area contributed by atoms with Crippen molar-refractivity contribution in [1.29, 1.82) is 0 Å². The van der Waals surface area contributed by atoms with Gasteiger partial charge in [0.05, 0.1) is 5.69 Å². The molecule has 20 heavy (non-hydrogen) atoms. The van der Waals surface area contributed by atoms with Crippen LogP contribution in [0.15, 0.2) is 48.5 Å². The minimum atomic E-state index is -0.698. The maximum atomic E-state index is 12.0. The minimum Gasteiger partial charge on any atom is -0.506 e. The fourth-order valence-corrected chi connectivity index (χ4v) is 1.77. The van der Waals surface area contributed by atoms with Gasteiger partial charge in [-0.1, -0.05) is 29.8 Å². The van der Waals surface area contributed by atoms with E-state index in [1.54, 1.807) is 19.1 Å². The number of phenols is 1. The van der Waals surface area contributed by atoms with Gasteiger partial charge in [0.1, 0.15) is 11.5 Å². The first-order chi connectivity index (χ1) is 9.56. The van der Waals surface area contributed by atoms with E-state index in [-0.39, 0.29) is 17.3 Å². The van der Waals surface area contributed by atoms with Crippen LogP contribution in [0.3, 0.4) is 0 Å². The molecule has 2 aromatic carbocycles. The lowest BCUT2D eigenvalue weighted by atomic mass is 10.2. The van der Waals surface area contributed by atoms with Crippen molar-refractivity contribution in [2.45, 2.75) is 13.0 Å². The summed E-state index contributed by atoms with van der Waals surface area (Å²) in [7, 11) is 0. The Balaban J connectivity index is 2.02. The number of nitrogens with one attached hydrogen (secondary N) is 1. The third-order valence-electron chi connectivity index (χ3n) is 2.64. The van der Waals surface area contributed by atoms with Gasteiger partial charge in [0.25, 0.3) is 5.91 Å². The van der Waals surface area contributed by atoms with Crippen LogP contribution in [0.4, 0.5) is 5.69 Å². The fraction of sp³-hybridized carbons (Fsp3) is 0.133. The third kappa shape index (κ3) is 3.65. The number of rotatable bonds is 4. The van der Waals surface area contributed by atoms with E-state index >= 15 is 0 Å². The number of benzene rings is 2. The van der Waals surface area contributed by atoms with Crippen LogP contribution in [-0.2, 0) is 4.79 Å². The second-order valence-corrected chi connectivity index (χ2v) is 4.66. The number of hydrogen-bond acceptors (Lipinski definition) is 3. The van der Waals surface area contributed by atoms with Crippen LogP contribution in [0.2, 0.25) is 5.02 Å². The molecule has 2 aromatic rings. The minimum absolute atomic E-state index is 0.0466. The lowest BCUT2D eigenvalue weighted by Crippen LogP contribution is -2.30. The summed E-state index contributed by atoms with van der Waals surface area (Å²) in [5.41, 5.74) is 0.256. The van der Waals surface area contributed by atoms with Crippen LogP contribution >= 0.6 is 11.6 Å². The van der Waals surface area contributed by atoms with Gasteiger partial charge in [-0.05, 0) is 37.3 Å². The van der Waals surface area contributed by atoms with Gasteiger partial charge in [0.2, 0.25) is 0 Å². The van der Waals surface area contributed by atoms with Crippen molar-refractivity contribution in [2.24, 2.45) is 0 Å². The molecule has 0 saturated carbocycles. The van der Waals surface area contributed by atoms with Crippen LogP contribution in [0.25, 0.3) is 0 Å². The lowest BCUT2D eigenvalue weighted by Gasteiger charge is -2.15. The molecular weight excluding hydrogens is 278 g/mol. The molecule has 1 atom stereocenters. The predicted molar refractivity (Wildman–Crippen MR) is 78.3 cm³/mol. The molecule has 0 heterocycles. The first-order valence-electron chi connectivity index (χ1n) is 6.07. The van der Waals surface area contributed by atoms with Crippen LogP contribution in [0.5, 0.6) is 11.5 Å². The Hall–Kier alpha value is -2.20. The number of hydrogen-bond donors (Lipinski definition) is 2. The maximum Gasteiger partial charge on any atom is 0.265 e. The zero-order chi connectivity index (χ0) is 14.5. The molecule has 0 aliphatic rings. The Morgan fingerprint density at radius 2 is 1.95 bits per heavy atom. The molecule has 0 aromatic heterocycles. The van der Waals surface area contributed by atoms with E-state index < -0.39 is 6.10 Å². The molecule has 0 saturated heterocycles. The average Bonchev–Trinajstić information content (AvgIpc) is 2.44. The molecular formula is C15H14ClNO3. The molecule has 1 amide bonds. The Morgan fingerprint density at radius 1 is 1.25 bits per heavy atom. The standard InChI is InChI=1S/C15H14ClNO3/c1-10(20-12-5-3-2-4-6-12)15(19)17-13-9-11(16)7-8-14(13)18/h2-10,18H,1H3,(H,17,19)/t10-/m1/s1. The van der Waals surface area contributed by atoms with Gasteiger partial charge in [-0.3, -0.25) is 4.79 Å². The van der Waals surface area contributed by atoms with Gasteiger partial charge in [-0.15, -0.1) is 0 Å². The molecule has 104 valence electrons. The number of halogens is 1. The van der Waals surface area contributed by atoms with Gasteiger partial charge in [0.15, 0.2) is 6.10 Å². The molecule has 0 radical (unpaired) electrons. The highest BCUT2D eigenvalue weighted by molar-refractivity contribution is 6.31. The molecule has 2 N–H and O–H groups in total. The third-order valence-corrected chi connectivity index (χ3v) is 2.88. The first-order valence-corrected chi connectivity index (χ1v) is 6.45. The second-order valence-electron chi connectivity index (χ2n) is 4.22. The topological polar surface area (TPSA) is 58.6 Å². The quantitative estimate of drug-likeness (QED) is 0.848.